The Morgan fingerprint density at radius 3 is 2.47 bits per heavy atom. The number of aryl methyl sites for hydroxylation is 1. The van der Waals surface area contributed by atoms with E-state index >= 15 is 0 Å². The highest BCUT2D eigenvalue weighted by atomic mass is 32.2. The molecule has 0 amide bonds. The van der Waals surface area contributed by atoms with Gasteiger partial charge in [-0.2, -0.15) is 0 Å². The molecule has 4 heteroatoms. The molecular weight excluding hydrogens is 260 g/mol. The largest absolute Gasteiger partial charge is 0.294 e. The Kier molecular flexibility index (Phi) is 4.40. The third-order valence-corrected chi connectivity index (χ3v) is 5.60. The normalized spacial score (nSPS) is 21.4. The zero-order chi connectivity index (χ0) is 13.9. The third-order valence-electron chi connectivity index (χ3n) is 3.77. The number of Topliss-reactive ketones (excluding diaryl/α,β-unsaturated/α-hetero) is 1. The maximum Gasteiger partial charge on any atom is 0.162 e. The van der Waals surface area contributed by atoms with Crippen molar-refractivity contribution in [1.29, 1.82) is 0 Å². The molecule has 1 atom stereocenters. The van der Waals surface area contributed by atoms with Crippen molar-refractivity contribution >= 4 is 15.6 Å². The van der Waals surface area contributed by atoms with Crippen LogP contribution in [0.4, 0.5) is 0 Å². The molecule has 1 fully saturated rings. The van der Waals surface area contributed by atoms with Crippen LogP contribution in [0, 0.1) is 5.92 Å². The average Bonchev–Trinajstić information content (AvgIpc) is 2.76. The highest BCUT2D eigenvalue weighted by Gasteiger charge is 2.27. The molecule has 1 aliphatic rings. The molecule has 2 rings (SSSR count). The highest BCUT2D eigenvalue weighted by molar-refractivity contribution is 7.91. The molecule has 1 unspecified atom stereocenters. The first-order valence-electron chi connectivity index (χ1n) is 6.83. The molecule has 0 saturated carbocycles. The Hall–Kier alpha value is -1.16. The quantitative estimate of drug-likeness (QED) is 0.779. The fraction of sp³-hybridized carbons (Fsp3) is 0.533. The van der Waals surface area contributed by atoms with E-state index in [9.17, 15) is 13.2 Å². The number of carbonyl (C=O) groups excluding carboxylic acids is 1. The number of rotatable bonds is 5. The molecular formula is C15H20O3S. The fourth-order valence-corrected chi connectivity index (χ4v) is 4.44. The maximum atomic E-state index is 11.5. The van der Waals surface area contributed by atoms with Crippen molar-refractivity contribution in [3.05, 3.63) is 35.4 Å². The first-order valence-corrected chi connectivity index (χ1v) is 8.65. The lowest BCUT2D eigenvalue weighted by Gasteiger charge is -2.07. The number of benzene rings is 1. The van der Waals surface area contributed by atoms with Gasteiger partial charge in [0.15, 0.2) is 15.6 Å². The zero-order valence-corrected chi connectivity index (χ0v) is 12.1. The Bertz CT molecular complexity index is 543. The van der Waals surface area contributed by atoms with E-state index < -0.39 is 9.84 Å². The molecule has 0 aliphatic carbocycles. The van der Waals surface area contributed by atoms with Gasteiger partial charge in [-0.05, 0) is 30.7 Å². The van der Waals surface area contributed by atoms with Crippen molar-refractivity contribution in [2.24, 2.45) is 5.92 Å². The third kappa shape index (κ3) is 3.90. The Morgan fingerprint density at radius 2 is 1.95 bits per heavy atom. The Labute approximate surface area is 114 Å². The van der Waals surface area contributed by atoms with E-state index in [2.05, 4.69) is 0 Å². The number of sulfone groups is 1. The predicted octanol–water partition coefficient (Wildman–Crippen LogP) is 2.65. The van der Waals surface area contributed by atoms with Crippen LogP contribution in [0.15, 0.2) is 24.3 Å². The van der Waals surface area contributed by atoms with Crippen LogP contribution in [-0.4, -0.2) is 25.7 Å². The Balaban J connectivity index is 1.89. The predicted molar refractivity (Wildman–Crippen MR) is 76.1 cm³/mol. The molecule has 1 saturated heterocycles. The molecule has 0 bridgehead atoms. The van der Waals surface area contributed by atoms with Gasteiger partial charge in [-0.15, -0.1) is 0 Å². The molecule has 0 N–H and O–H groups in total. The lowest BCUT2D eigenvalue weighted by molar-refractivity contribution is 0.0988. The van der Waals surface area contributed by atoms with Crippen LogP contribution in [0.1, 0.15) is 42.1 Å². The molecule has 19 heavy (non-hydrogen) atoms. The first kappa shape index (κ1) is 14.3. The fourth-order valence-electron chi connectivity index (χ4n) is 2.53. The lowest BCUT2D eigenvalue weighted by Crippen LogP contribution is -2.06. The van der Waals surface area contributed by atoms with E-state index in [4.69, 9.17) is 0 Å². The molecule has 0 aromatic heterocycles. The minimum Gasteiger partial charge on any atom is -0.294 e. The summed E-state index contributed by atoms with van der Waals surface area (Å²) in [6.45, 7) is 1.86. The lowest BCUT2D eigenvalue weighted by atomic mass is 9.98. The summed E-state index contributed by atoms with van der Waals surface area (Å²) in [7, 11) is -2.77. The van der Waals surface area contributed by atoms with Crippen LogP contribution in [0.3, 0.4) is 0 Å². The van der Waals surface area contributed by atoms with E-state index in [1.54, 1.807) is 0 Å². The van der Waals surface area contributed by atoms with Gasteiger partial charge in [-0.25, -0.2) is 8.42 Å². The first-order chi connectivity index (χ1) is 9.00. The molecule has 104 valence electrons. The smallest absolute Gasteiger partial charge is 0.162 e. The molecule has 1 aliphatic heterocycles. The van der Waals surface area contributed by atoms with Gasteiger partial charge < -0.3 is 0 Å². The summed E-state index contributed by atoms with van der Waals surface area (Å²) in [5.41, 5.74) is 1.94. The summed E-state index contributed by atoms with van der Waals surface area (Å²) < 4.78 is 22.7. The summed E-state index contributed by atoms with van der Waals surface area (Å²) in [5, 5.41) is 0. The second-order valence-corrected chi connectivity index (χ2v) is 7.51. The van der Waals surface area contributed by atoms with Crippen LogP contribution >= 0.6 is 0 Å². The molecule has 0 radical (unpaired) electrons. The van der Waals surface area contributed by atoms with Crippen molar-refractivity contribution in [2.45, 2.75) is 32.6 Å². The van der Waals surface area contributed by atoms with Crippen molar-refractivity contribution < 1.29 is 13.2 Å². The van der Waals surface area contributed by atoms with Gasteiger partial charge in [-0.1, -0.05) is 31.2 Å². The number of hydrogen-bond acceptors (Lipinski definition) is 3. The van der Waals surface area contributed by atoms with Crippen molar-refractivity contribution in [3.8, 4) is 0 Å². The van der Waals surface area contributed by atoms with E-state index in [0.717, 1.165) is 24.8 Å². The molecule has 0 spiro atoms. The monoisotopic (exact) mass is 280 g/mol. The van der Waals surface area contributed by atoms with Crippen molar-refractivity contribution in [2.75, 3.05) is 11.5 Å². The molecule has 1 heterocycles. The van der Waals surface area contributed by atoms with Crippen molar-refractivity contribution in [3.63, 3.8) is 0 Å². The SMILES string of the molecule is CCC(=O)c1ccc(CCC2CCS(=O)(=O)C2)cc1. The van der Waals surface area contributed by atoms with Gasteiger partial charge in [0.1, 0.15) is 0 Å². The van der Waals surface area contributed by atoms with Gasteiger partial charge >= 0.3 is 0 Å². The summed E-state index contributed by atoms with van der Waals surface area (Å²) in [6.07, 6.45) is 3.13. The molecule has 1 aromatic rings. The Morgan fingerprint density at radius 1 is 1.26 bits per heavy atom. The zero-order valence-electron chi connectivity index (χ0n) is 11.3. The van der Waals surface area contributed by atoms with Gasteiger partial charge in [0.2, 0.25) is 0 Å². The summed E-state index contributed by atoms with van der Waals surface area (Å²) >= 11 is 0. The van der Waals surface area contributed by atoms with Gasteiger partial charge in [0, 0.05) is 12.0 Å². The highest BCUT2D eigenvalue weighted by Crippen LogP contribution is 2.23. The molecule has 1 aromatic carbocycles. The van der Waals surface area contributed by atoms with E-state index in [-0.39, 0.29) is 5.78 Å². The number of ketones is 1. The summed E-state index contributed by atoms with van der Waals surface area (Å²) in [5.74, 6) is 1.16. The summed E-state index contributed by atoms with van der Waals surface area (Å²) in [4.78, 5) is 11.5. The number of carbonyl (C=O) groups is 1. The van der Waals surface area contributed by atoms with Crippen LogP contribution < -0.4 is 0 Å². The van der Waals surface area contributed by atoms with Crippen LogP contribution in [0.25, 0.3) is 0 Å². The van der Waals surface area contributed by atoms with Gasteiger partial charge in [0.05, 0.1) is 11.5 Å². The standard InChI is InChI=1S/C15H20O3S/c1-2-15(16)14-7-5-12(6-8-14)3-4-13-9-10-19(17,18)11-13/h5-8,13H,2-4,9-11H2,1H3. The van der Waals surface area contributed by atoms with Crippen LogP contribution in [0.2, 0.25) is 0 Å². The van der Waals surface area contributed by atoms with Crippen LogP contribution in [0.5, 0.6) is 0 Å². The minimum atomic E-state index is -2.77. The van der Waals surface area contributed by atoms with Gasteiger partial charge in [0.25, 0.3) is 0 Å². The maximum absolute atomic E-state index is 11.5. The summed E-state index contributed by atoms with van der Waals surface area (Å²) in [6, 6.07) is 7.69. The van der Waals surface area contributed by atoms with E-state index in [0.29, 0.717) is 23.8 Å². The van der Waals surface area contributed by atoms with E-state index in [1.807, 2.05) is 31.2 Å². The second-order valence-electron chi connectivity index (χ2n) is 5.28. The van der Waals surface area contributed by atoms with Gasteiger partial charge in [-0.3, -0.25) is 4.79 Å². The average molecular weight is 280 g/mol. The molecule has 3 nitrogen and oxygen atoms in total. The topological polar surface area (TPSA) is 51.2 Å². The minimum absolute atomic E-state index is 0.161. The van der Waals surface area contributed by atoms with Crippen molar-refractivity contribution in [1.82, 2.24) is 0 Å². The van der Waals surface area contributed by atoms with E-state index in [1.165, 1.54) is 5.56 Å². The second kappa shape index (κ2) is 5.87. The van der Waals surface area contributed by atoms with Crippen LogP contribution in [-0.2, 0) is 16.3 Å². The number of hydrogen-bond donors (Lipinski definition) is 0.